The van der Waals surface area contributed by atoms with E-state index in [1.807, 2.05) is 0 Å². The van der Waals surface area contributed by atoms with Gasteiger partial charge in [0, 0.05) is 13.7 Å². The minimum absolute atomic E-state index is 0.356. The van der Waals surface area contributed by atoms with Gasteiger partial charge in [-0.15, -0.1) is 0 Å². The standard InChI is InChI=1S/C7H14NO/c1-8-6-4-3-5-7(8)9-2/h4,7H,3,5-6H2,1-2H3. The molecule has 1 aliphatic heterocycles. The summed E-state index contributed by atoms with van der Waals surface area (Å²) in [6.45, 7) is 1.07. The molecule has 1 rings (SSSR count). The monoisotopic (exact) mass is 128 g/mol. The predicted molar refractivity (Wildman–Crippen MR) is 37.0 cm³/mol. The van der Waals surface area contributed by atoms with Crippen molar-refractivity contribution in [2.45, 2.75) is 19.1 Å². The third kappa shape index (κ3) is 1.66. The first-order valence-electron chi connectivity index (χ1n) is 3.39. The van der Waals surface area contributed by atoms with Crippen LogP contribution in [0.3, 0.4) is 0 Å². The lowest BCUT2D eigenvalue weighted by molar-refractivity contribution is -0.0301. The van der Waals surface area contributed by atoms with Gasteiger partial charge in [0.25, 0.3) is 0 Å². The second kappa shape index (κ2) is 3.18. The molecule has 1 radical (unpaired) electrons. The molecule has 0 amide bonds. The van der Waals surface area contributed by atoms with Crippen LogP contribution in [-0.4, -0.2) is 31.8 Å². The minimum atomic E-state index is 0.356. The largest absolute Gasteiger partial charge is 0.366 e. The number of piperidine rings is 1. The summed E-state index contributed by atoms with van der Waals surface area (Å²) < 4.78 is 5.21. The molecule has 1 fully saturated rings. The molecular weight excluding hydrogens is 114 g/mol. The van der Waals surface area contributed by atoms with Crippen molar-refractivity contribution >= 4 is 0 Å². The van der Waals surface area contributed by atoms with Crippen LogP contribution in [0.15, 0.2) is 0 Å². The summed E-state index contributed by atoms with van der Waals surface area (Å²) >= 11 is 0. The van der Waals surface area contributed by atoms with Crippen molar-refractivity contribution in [2.75, 3.05) is 20.7 Å². The lowest BCUT2D eigenvalue weighted by atomic mass is 10.1. The van der Waals surface area contributed by atoms with Crippen molar-refractivity contribution in [1.82, 2.24) is 4.90 Å². The number of hydrogen-bond donors (Lipinski definition) is 0. The molecule has 0 aromatic heterocycles. The Hall–Kier alpha value is -0.0800. The van der Waals surface area contributed by atoms with Crippen molar-refractivity contribution in [3.63, 3.8) is 0 Å². The Morgan fingerprint density at radius 1 is 1.67 bits per heavy atom. The van der Waals surface area contributed by atoms with Crippen LogP contribution in [0.4, 0.5) is 0 Å². The van der Waals surface area contributed by atoms with Gasteiger partial charge in [0.1, 0.15) is 6.23 Å². The lowest BCUT2D eigenvalue weighted by Crippen LogP contribution is -2.37. The van der Waals surface area contributed by atoms with Gasteiger partial charge >= 0.3 is 0 Å². The lowest BCUT2D eigenvalue weighted by Gasteiger charge is -2.30. The summed E-state index contributed by atoms with van der Waals surface area (Å²) in [6, 6.07) is 0. The van der Waals surface area contributed by atoms with E-state index in [2.05, 4.69) is 18.4 Å². The molecule has 0 saturated carbocycles. The molecule has 0 N–H and O–H groups in total. The summed E-state index contributed by atoms with van der Waals surface area (Å²) in [4.78, 5) is 2.21. The zero-order valence-electron chi connectivity index (χ0n) is 6.13. The van der Waals surface area contributed by atoms with Crippen molar-refractivity contribution in [3.8, 4) is 0 Å². The first kappa shape index (κ1) is 7.03. The summed E-state index contributed by atoms with van der Waals surface area (Å²) in [7, 11) is 3.86. The number of ether oxygens (including phenoxy) is 1. The van der Waals surface area contributed by atoms with Crippen molar-refractivity contribution in [1.29, 1.82) is 0 Å². The van der Waals surface area contributed by atoms with Crippen LogP contribution in [-0.2, 0) is 4.74 Å². The number of rotatable bonds is 1. The van der Waals surface area contributed by atoms with E-state index in [0.717, 1.165) is 13.0 Å². The summed E-state index contributed by atoms with van der Waals surface area (Å²) in [5.41, 5.74) is 0. The summed E-state index contributed by atoms with van der Waals surface area (Å²) in [5, 5.41) is 0. The van der Waals surface area contributed by atoms with Gasteiger partial charge in [-0.3, -0.25) is 4.90 Å². The third-order valence-corrected chi connectivity index (χ3v) is 1.80. The number of nitrogens with zero attached hydrogens (tertiary/aromatic N) is 1. The molecule has 0 spiro atoms. The molecule has 1 aliphatic rings. The maximum atomic E-state index is 5.21. The molecule has 2 heteroatoms. The molecule has 1 unspecified atom stereocenters. The van der Waals surface area contributed by atoms with Crippen LogP contribution in [0.25, 0.3) is 0 Å². The molecular formula is C7H14NO. The van der Waals surface area contributed by atoms with E-state index >= 15 is 0 Å². The molecule has 1 heterocycles. The molecule has 1 saturated heterocycles. The van der Waals surface area contributed by atoms with E-state index < -0.39 is 0 Å². The second-order valence-electron chi connectivity index (χ2n) is 2.50. The van der Waals surface area contributed by atoms with Crippen LogP contribution >= 0.6 is 0 Å². The van der Waals surface area contributed by atoms with Gasteiger partial charge < -0.3 is 4.74 Å². The Labute approximate surface area is 56.8 Å². The zero-order valence-corrected chi connectivity index (χ0v) is 6.13. The number of hydrogen-bond acceptors (Lipinski definition) is 2. The van der Waals surface area contributed by atoms with Crippen LogP contribution in [0.1, 0.15) is 12.8 Å². The first-order chi connectivity index (χ1) is 4.34. The SMILES string of the molecule is COC1CC[CH]CN1C. The van der Waals surface area contributed by atoms with Gasteiger partial charge in [0.05, 0.1) is 0 Å². The van der Waals surface area contributed by atoms with E-state index in [0.29, 0.717) is 6.23 Å². The van der Waals surface area contributed by atoms with Gasteiger partial charge in [-0.1, -0.05) is 0 Å². The highest BCUT2D eigenvalue weighted by Crippen LogP contribution is 2.13. The summed E-state index contributed by atoms with van der Waals surface area (Å²) in [5.74, 6) is 0. The van der Waals surface area contributed by atoms with E-state index in [1.54, 1.807) is 7.11 Å². The quantitative estimate of drug-likeness (QED) is 0.520. The highest BCUT2D eigenvalue weighted by Gasteiger charge is 2.16. The van der Waals surface area contributed by atoms with Gasteiger partial charge in [0.15, 0.2) is 0 Å². The Morgan fingerprint density at radius 2 is 2.44 bits per heavy atom. The highest BCUT2D eigenvalue weighted by molar-refractivity contribution is 4.78. The van der Waals surface area contributed by atoms with Gasteiger partial charge in [-0.2, -0.15) is 0 Å². The Morgan fingerprint density at radius 3 is 2.89 bits per heavy atom. The van der Waals surface area contributed by atoms with Crippen LogP contribution < -0.4 is 0 Å². The molecule has 53 valence electrons. The fraction of sp³-hybridized carbons (Fsp3) is 0.857. The van der Waals surface area contributed by atoms with Crippen molar-refractivity contribution in [2.24, 2.45) is 0 Å². The maximum Gasteiger partial charge on any atom is 0.109 e. The molecule has 0 aromatic carbocycles. The smallest absolute Gasteiger partial charge is 0.109 e. The fourth-order valence-electron chi connectivity index (χ4n) is 1.19. The van der Waals surface area contributed by atoms with Crippen LogP contribution in [0.2, 0.25) is 0 Å². The average molecular weight is 128 g/mol. The first-order valence-corrected chi connectivity index (χ1v) is 3.39. The Kier molecular flexibility index (Phi) is 2.49. The molecule has 1 atom stereocenters. The van der Waals surface area contributed by atoms with E-state index in [-0.39, 0.29) is 0 Å². The van der Waals surface area contributed by atoms with Gasteiger partial charge in [0.2, 0.25) is 0 Å². The third-order valence-electron chi connectivity index (χ3n) is 1.80. The molecule has 0 aromatic rings. The van der Waals surface area contributed by atoms with Crippen molar-refractivity contribution in [3.05, 3.63) is 6.42 Å². The number of methoxy groups -OCH3 is 1. The van der Waals surface area contributed by atoms with Gasteiger partial charge in [-0.25, -0.2) is 0 Å². The Bertz CT molecular complexity index is 85.0. The van der Waals surface area contributed by atoms with E-state index in [9.17, 15) is 0 Å². The Balaban J connectivity index is 2.30. The zero-order chi connectivity index (χ0) is 6.69. The minimum Gasteiger partial charge on any atom is -0.366 e. The summed E-state index contributed by atoms with van der Waals surface area (Å²) in [6.07, 6.45) is 4.99. The van der Waals surface area contributed by atoms with Crippen LogP contribution in [0.5, 0.6) is 0 Å². The van der Waals surface area contributed by atoms with Gasteiger partial charge in [-0.05, 0) is 26.3 Å². The van der Waals surface area contributed by atoms with E-state index in [1.165, 1.54) is 6.42 Å². The molecule has 0 bridgehead atoms. The topological polar surface area (TPSA) is 12.5 Å². The van der Waals surface area contributed by atoms with E-state index in [4.69, 9.17) is 4.74 Å². The normalized spacial score (nSPS) is 30.7. The molecule has 2 nitrogen and oxygen atoms in total. The average Bonchev–Trinajstić information content (AvgIpc) is 1.89. The maximum absolute atomic E-state index is 5.21. The fourth-order valence-corrected chi connectivity index (χ4v) is 1.19. The van der Waals surface area contributed by atoms with Crippen molar-refractivity contribution < 1.29 is 4.74 Å². The second-order valence-corrected chi connectivity index (χ2v) is 2.50. The molecule has 0 aliphatic carbocycles. The van der Waals surface area contributed by atoms with Crippen LogP contribution in [0, 0.1) is 6.42 Å². The number of likely N-dealkylation sites (tertiary alicyclic amines) is 1. The molecule has 9 heavy (non-hydrogen) atoms. The predicted octanol–water partition coefficient (Wildman–Crippen LogP) is 0.889. The highest BCUT2D eigenvalue weighted by atomic mass is 16.5.